The number of anilines is 1. The number of hydrogen-bond donors (Lipinski definition) is 2. The minimum atomic E-state index is 0.382. The van der Waals surface area contributed by atoms with Crippen molar-refractivity contribution in [3.63, 3.8) is 0 Å². The Bertz CT molecular complexity index is 509. The van der Waals surface area contributed by atoms with Crippen LogP contribution in [0.2, 0.25) is 0 Å². The van der Waals surface area contributed by atoms with Gasteiger partial charge in [-0.1, -0.05) is 38.9 Å². The molecule has 0 bridgehead atoms. The van der Waals surface area contributed by atoms with Crippen molar-refractivity contribution >= 4 is 23.0 Å². The predicted molar refractivity (Wildman–Crippen MR) is 91.7 cm³/mol. The zero-order chi connectivity index (χ0) is 15.4. The van der Waals surface area contributed by atoms with Crippen LogP contribution in [0.3, 0.4) is 0 Å². The van der Waals surface area contributed by atoms with E-state index in [1.807, 2.05) is 0 Å². The standard InChI is InChI=1S/C16H26N4S/c1-4-12-13(5-2)19-20-16(14(12)15(17)21)18-10(3)11-8-6-7-9-11/h10-11H,4-9H2,1-3H3,(H2,17,21)(H,18,20). The lowest BCUT2D eigenvalue weighted by molar-refractivity contribution is 0.480. The molecule has 0 aromatic carbocycles. The van der Waals surface area contributed by atoms with Crippen LogP contribution in [0, 0.1) is 5.92 Å². The zero-order valence-electron chi connectivity index (χ0n) is 13.3. The average molecular weight is 306 g/mol. The summed E-state index contributed by atoms with van der Waals surface area (Å²) >= 11 is 5.27. The maximum atomic E-state index is 5.97. The monoisotopic (exact) mass is 306 g/mol. The number of hydrogen-bond acceptors (Lipinski definition) is 4. The number of nitrogens with two attached hydrogens (primary N) is 1. The first-order valence-electron chi connectivity index (χ1n) is 8.03. The summed E-state index contributed by atoms with van der Waals surface area (Å²) in [6.45, 7) is 6.42. The number of thiocarbonyl (C=S) groups is 1. The SMILES string of the molecule is CCc1nnc(NC(C)C2CCCC2)c(C(N)=S)c1CC. The Morgan fingerprint density at radius 3 is 2.48 bits per heavy atom. The summed E-state index contributed by atoms with van der Waals surface area (Å²) in [6, 6.07) is 0.382. The first-order chi connectivity index (χ1) is 10.1. The second-order valence-electron chi connectivity index (χ2n) is 5.90. The Hall–Kier alpha value is -1.23. The minimum Gasteiger partial charge on any atom is -0.389 e. The largest absolute Gasteiger partial charge is 0.389 e. The Morgan fingerprint density at radius 1 is 1.29 bits per heavy atom. The summed E-state index contributed by atoms with van der Waals surface area (Å²) in [7, 11) is 0. The van der Waals surface area contributed by atoms with Crippen molar-refractivity contribution in [2.45, 2.75) is 65.3 Å². The average Bonchev–Trinajstić information content (AvgIpc) is 3.00. The van der Waals surface area contributed by atoms with Crippen LogP contribution in [0.5, 0.6) is 0 Å². The fraction of sp³-hybridized carbons (Fsp3) is 0.688. The maximum Gasteiger partial charge on any atom is 0.159 e. The topological polar surface area (TPSA) is 63.8 Å². The van der Waals surface area contributed by atoms with E-state index in [2.05, 4.69) is 36.3 Å². The highest BCUT2D eigenvalue weighted by Crippen LogP contribution is 2.30. The number of nitrogens with one attached hydrogen (secondary N) is 1. The van der Waals surface area contributed by atoms with Crippen LogP contribution in [-0.4, -0.2) is 21.2 Å². The van der Waals surface area contributed by atoms with Crippen molar-refractivity contribution in [2.24, 2.45) is 11.7 Å². The Labute approximate surface area is 132 Å². The summed E-state index contributed by atoms with van der Waals surface area (Å²) in [6.07, 6.45) is 6.97. The van der Waals surface area contributed by atoms with E-state index in [9.17, 15) is 0 Å². The van der Waals surface area contributed by atoms with Crippen molar-refractivity contribution in [2.75, 3.05) is 5.32 Å². The normalized spacial score (nSPS) is 16.9. The van der Waals surface area contributed by atoms with Crippen molar-refractivity contribution in [3.05, 3.63) is 16.8 Å². The highest BCUT2D eigenvalue weighted by Gasteiger charge is 2.24. The van der Waals surface area contributed by atoms with E-state index >= 15 is 0 Å². The molecule has 5 heteroatoms. The molecule has 0 amide bonds. The van der Waals surface area contributed by atoms with Gasteiger partial charge in [0.25, 0.3) is 0 Å². The maximum absolute atomic E-state index is 5.97. The molecular weight excluding hydrogens is 280 g/mol. The van der Waals surface area contributed by atoms with Crippen molar-refractivity contribution in [1.82, 2.24) is 10.2 Å². The molecule has 0 spiro atoms. The lowest BCUT2D eigenvalue weighted by Gasteiger charge is -2.23. The second kappa shape index (κ2) is 7.16. The number of nitrogens with zero attached hydrogens (tertiary/aromatic N) is 2. The van der Waals surface area contributed by atoms with Gasteiger partial charge in [0.2, 0.25) is 0 Å². The number of aromatic nitrogens is 2. The fourth-order valence-electron chi connectivity index (χ4n) is 3.33. The Balaban J connectivity index is 2.31. The van der Waals surface area contributed by atoms with Crippen LogP contribution in [0.15, 0.2) is 0 Å². The zero-order valence-corrected chi connectivity index (χ0v) is 14.1. The molecule has 1 aromatic rings. The van der Waals surface area contributed by atoms with Gasteiger partial charge < -0.3 is 11.1 Å². The number of rotatable bonds is 6. The highest BCUT2D eigenvalue weighted by atomic mass is 32.1. The smallest absolute Gasteiger partial charge is 0.159 e. The van der Waals surface area contributed by atoms with E-state index in [-0.39, 0.29) is 0 Å². The van der Waals surface area contributed by atoms with Crippen LogP contribution >= 0.6 is 12.2 Å². The van der Waals surface area contributed by atoms with Gasteiger partial charge in [0, 0.05) is 6.04 Å². The molecule has 0 saturated heterocycles. The van der Waals surface area contributed by atoms with Crippen LogP contribution in [0.25, 0.3) is 0 Å². The molecule has 0 radical (unpaired) electrons. The first kappa shape index (κ1) is 16.1. The minimum absolute atomic E-state index is 0.382. The lowest BCUT2D eigenvalue weighted by atomic mass is 9.98. The first-order valence-corrected chi connectivity index (χ1v) is 8.44. The van der Waals surface area contributed by atoms with Gasteiger partial charge in [-0.3, -0.25) is 0 Å². The molecule has 116 valence electrons. The third kappa shape index (κ3) is 3.51. The van der Waals surface area contributed by atoms with Crippen molar-refractivity contribution in [3.8, 4) is 0 Å². The van der Waals surface area contributed by atoms with E-state index in [1.165, 1.54) is 25.7 Å². The van der Waals surface area contributed by atoms with Gasteiger partial charge in [0.05, 0.1) is 11.3 Å². The summed E-state index contributed by atoms with van der Waals surface area (Å²) in [5.74, 6) is 1.47. The Morgan fingerprint density at radius 2 is 1.95 bits per heavy atom. The highest BCUT2D eigenvalue weighted by molar-refractivity contribution is 7.80. The van der Waals surface area contributed by atoms with Gasteiger partial charge in [-0.05, 0) is 44.1 Å². The molecular formula is C16H26N4S. The van der Waals surface area contributed by atoms with E-state index in [0.29, 0.717) is 16.9 Å². The summed E-state index contributed by atoms with van der Waals surface area (Å²) in [5.41, 5.74) is 9.00. The number of aryl methyl sites for hydroxylation is 1. The summed E-state index contributed by atoms with van der Waals surface area (Å²) in [4.78, 5) is 0.414. The van der Waals surface area contributed by atoms with Crippen LogP contribution in [-0.2, 0) is 12.8 Å². The Kier molecular flexibility index (Phi) is 5.51. The molecule has 4 nitrogen and oxygen atoms in total. The van der Waals surface area contributed by atoms with Gasteiger partial charge in [-0.15, -0.1) is 5.10 Å². The van der Waals surface area contributed by atoms with Gasteiger partial charge in [0.1, 0.15) is 4.99 Å². The molecule has 1 saturated carbocycles. The molecule has 1 aliphatic carbocycles. The van der Waals surface area contributed by atoms with Gasteiger partial charge >= 0.3 is 0 Å². The molecule has 0 aliphatic heterocycles. The fourth-order valence-corrected chi connectivity index (χ4v) is 3.55. The third-order valence-electron chi connectivity index (χ3n) is 4.56. The van der Waals surface area contributed by atoms with Gasteiger partial charge in [0.15, 0.2) is 5.82 Å². The van der Waals surface area contributed by atoms with E-state index < -0.39 is 0 Å². The van der Waals surface area contributed by atoms with Crippen molar-refractivity contribution < 1.29 is 0 Å². The van der Waals surface area contributed by atoms with Gasteiger partial charge in [-0.2, -0.15) is 5.10 Å². The van der Waals surface area contributed by atoms with Crippen LogP contribution in [0.1, 0.15) is 63.3 Å². The molecule has 1 fully saturated rings. The molecule has 1 atom stereocenters. The summed E-state index contributed by atoms with van der Waals surface area (Å²) < 4.78 is 0. The van der Waals surface area contributed by atoms with Crippen LogP contribution in [0.4, 0.5) is 5.82 Å². The molecule has 2 rings (SSSR count). The summed E-state index contributed by atoms with van der Waals surface area (Å²) in [5, 5.41) is 12.2. The molecule has 21 heavy (non-hydrogen) atoms. The molecule has 1 unspecified atom stereocenters. The van der Waals surface area contributed by atoms with Gasteiger partial charge in [-0.25, -0.2) is 0 Å². The molecule has 3 N–H and O–H groups in total. The molecule has 1 aliphatic rings. The molecule has 1 aromatic heterocycles. The van der Waals surface area contributed by atoms with Crippen LogP contribution < -0.4 is 11.1 Å². The lowest BCUT2D eigenvalue weighted by Crippen LogP contribution is -2.28. The quantitative estimate of drug-likeness (QED) is 0.790. The van der Waals surface area contributed by atoms with E-state index in [0.717, 1.165) is 35.5 Å². The van der Waals surface area contributed by atoms with Crippen molar-refractivity contribution in [1.29, 1.82) is 0 Å². The predicted octanol–water partition coefficient (Wildman–Crippen LogP) is 3.23. The third-order valence-corrected chi connectivity index (χ3v) is 4.77. The second-order valence-corrected chi connectivity index (χ2v) is 6.34. The van der Waals surface area contributed by atoms with E-state index in [4.69, 9.17) is 18.0 Å². The molecule has 1 heterocycles. The van der Waals surface area contributed by atoms with E-state index in [1.54, 1.807) is 0 Å².